The van der Waals surface area contributed by atoms with E-state index in [4.69, 9.17) is 0 Å². The summed E-state index contributed by atoms with van der Waals surface area (Å²) in [7, 11) is -8.32. The smallest absolute Gasteiger partial charge is 0.297 e. The number of hydrogen-bond acceptors (Lipinski definition) is 7. The van der Waals surface area contributed by atoms with Crippen LogP contribution >= 0.6 is 0 Å². The molecule has 3 aromatic rings. The number of amides is 1. The standard InChI is InChI=1S/C16H13N3O9S2/c1-18-8-9(19(21)22)7-13(18)16(20)17-12-6-5-10-11(15(12)30(26,27)28)3-2-4-14(10)29(23,24)25/h2-8H,1H3,(H,17,20)(H,23,24,25)(H,26,27,28). The first-order valence-corrected chi connectivity index (χ1v) is 10.8. The molecule has 0 unspecified atom stereocenters. The molecule has 12 nitrogen and oxygen atoms in total. The minimum absolute atomic E-state index is 0.172. The number of rotatable bonds is 5. The Hall–Kier alpha value is -3.33. The van der Waals surface area contributed by atoms with E-state index in [1.807, 2.05) is 0 Å². The van der Waals surface area contributed by atoms with Crippen molar-refractivity contribution in [3.05, 3.63) is 58.4 Å². The first-order valence-electron chi connectivity index (χ1n) is 7.93. The van der Waals surface area contributed by atoms with Crippen molar-refractivity contribution >= 4 is 48.3 Å². The summed E-state index contributed by atoms with van der Waals surface area (Å²) in [5.74, 6) is -0.916. The topological polar surface area (TPSA) is 186 Å². The van der Waals surface area contributed by atoms with Gasteiger partial charge in [-0.3, -0.25) is 24.0 Å². The molecule has 0 bridgehead atoms. The highest BCUT2D eigenvalue weighted by Gasteiger charge is 2.25. The number of aryl methyl sites for hydroxylation is 1. The van der Waals surface area contributed by atoms with Gasteiger partial charge in [0.25, 0.3) is 31.8 Å². The molecule has 0 aliphatic rings. The number of carbonyl (C=O) groups excluding carboxylic acids is 1. The van der Waals surface area contributed by atoms with Crippen LogP contribution in [0.4, 0.5) is 11.4 Å². The van der Waals surface area contributed by atoms with Crippen molar-refractivity contribution in [2.45, 2.75) is 9.79 Å². The molecule has 0 saturated heterocycles. The molecule has 158 valence electrons. The highest BCUT2D eigenvalue weighted by atomic mass is 32.2. The Labute approximate surface area is 169 Å². The molecular formula is C16H13N3O9S2. The summed E-state index contributed by atoms with van der Waals surface area (Å²) in [5.41, 5.74) is -0.935. The lowest BCUT2D eigenvalue weighted by atomic mass is 10.1. The third kappa shape index (κ3) is 3.88. The van der Waals surface area contributed by atoms with Gasteiger partial charge in [0, 0.05) is 23.9 Å². The van der Waals surface area contributed by atoms with Crippen LogP contribution in [0.1, 0.15) is 10.5 Å². The van der Waals surface area contributed by atoms with Gasteiger partial charge in [0.05, 0.1) is 16.8 Å². The molecule has 1 heterocycles. The van der Waals surface area contributed by atoms with Crippen LogP contribution in [0.5, 0.6) is 0 Å². The Bertz CT molecular complexity index is 1420. The van der Waals surface area contributed by atoms with Crippen molar-refractivity contribution < 1.29 is 35.7 Å². The molecule has 0 atom stereocenters. The van der Waals surface area contributed by atoms with Crippen LogP contribution < -0.4 is 5.32 Å². The first kappa shape index (κ1) is 21.4. The molecule has 30 heavy (non-hydrogen) atoms. The monoisotopic (exact) mass is 455 g/mol. The highest BCUT2D eigenvalue weighted by Crippen LogP contribution is 2.34. The summed E-state index contributed by atoms with van der Waals surface area (Å²) < 4.78 is 67.3. The van der Waals surface area contributed by atoms with E-state index < -0.39 is 46.5 Å². The molecule has 0 aliphatic carbocycles. The van der Waals surface area contributed by atoms with E-state index in [1.165, 1.54) is 13.1 Å². The van der Waals surface area contributed by atoms with E-state index in [-0.39, 0.29) is 22.2 Å². The van der Waals surface area contributed by atoms with E-state index in [1.54, 1.807) is 0 Å². The van der Waals surface area contributed by atoms with Crippen LogP contribution in [0.3, 0.4) is 0 Å². The molecule has 1 aromatic heterocycles. The molecule has 0 radical (unpaired) electrons. The van der Waals surface area contributed by atoms with Gasteiger partial charge < -0.3 is 9.88 Å². The zero-order chi connectivity index (χ0) is 22.4. The number of hydrogen-bond donors (Lipinski definition) is 3. The fraction of sp³-hybridized carbons (Fsp3) is 0.0625. The molecule has 0 spiro atoms. The Morgan fingerprint density at radius 3 is 2.27 bits per heavy atom. The van der Waals surface area contributed by atoms with Crippen molar-refractivity contribution in [3.8, 4) is 0 Å². The lowest BCUT2D eigenvalue weighted by molar-refractivity contribution is -0.384. The highest BCUT2D eigenvalue weighted by molar-refractivity contribution is 7.86. The molecular weight excluding hydrogens is 442 g/mol. The predicted octanol–water partition coefficient (Wildman–Crippen LogP) is 1.83. The minimum Gasteiger partial charge on any atom is -0.340 e. The summed E-state index contributed by atoms with van der Waals surface area (Å²) in [6.45, 7) is 0. The lowest BCUT2D eigenvalue weighted by Gasteiger charge is -2.13. The number of aromatic nitrogens is 1. The number of anilines is 1. The Morgan fingerprint density at radius 1 is 1.07 bits per heavy atom. The Kier molecular flexibility index (Phi) is 5.11. The predicted molar refractivity (Wildman–Crippen MR) is 104 cm³/mol. The summed E-state index contributed by atoms with van der Waals surface area (Å²) in [5, 5.41) is 12.6. The maximum atomic E-state index is 12.5. The number of carbonyl (C=O) groups is 1. The van der Waals surface area contributed by atoms with Crippen molar-refractivity contribution in [1.82, 2.24) is 4.57 Å². The average molecular weight is 455 g/mol. The molecule has 0 fully saturated rings. The second-order valence-corrected chi connectivity index (χ2v) is 8.90. The second kappa shape index (κ2) is 7.17. The van der Waals surface area contributed by atoms with Crippen LogP contribution in [0, 0.1) is 10.1 Å². The van der Waals surface area contributed by atoms with Gasteiger partial charge in [-0.15, -0.1) is 0 Å². The maximum Gasteiger partial charge on any atom is 0.297 e. The van der Waals surface area contributed by atoms with Crippen LogP contribution in [0.15, 0.2) is 52.4 Å². The SMILES string of the molecule is Cn1cc([N+](=O)[O-])cc1C(=O)Nc1ccc2c(S(=O)(=O)O)cccc2c1S(=O)(=O)O. The summed E-state index contributed by atoms with van der Waals surface area (Å²) in [4.78, 5) is 21.3. The molecule has 2 aromatic carbocycles. The third-order valence-corrected chi connectivity index (χ3v) is 6.06. The van der Waals surface area contributed by atoms with E-state index >= 15 is 0 Å². The molecule has 14 heteroatoms. The number of nitro groups is 1. The summed E-state index contributed by atoms with van der Waals surface area (Å²) in [6, 6.07) is 6.49. The second-order valence-electron chi connectivity index (χ2n) is 6.15. The van der Waals surface area contributed by atoms with Crippen LogP contribution in [0.25, 0.3) is 10.8 Å². The van der Waals surface area contributed by atoms with E-state index in [0.717, 1.165) is 41.1 Å². The fourth-order valence-electron chi connectivity index (χ4n) is 2.96. The van der Waals surface area contributed by atoms with Crippen LogP contribution in [-0.2, 0) is 27.3 Å². The number of nitrogens with zero attached hydrogens (tertiary/aromatic N) is 2. The quantitative estimate of drug-likeness (QED) is 0.293. The summed E-state index contributed by atoms with van der Waals surface area (Å²) >= 11 is 0. The van der Waals surface area contributed by atoms with Gasteiger partial charge in [-0.05, 0) is 12.1 Å². The first-order chi connectivity index (χ1) is 13.8. The van der Waals surface area contributed by atoms with Gasteiger partial charge in [-0.25, -0.2) is 0 Å². The lowest BCUT2D eigenvalue weighted by Crippen LogP contribution is -2.17. The van der Waals surface area contributed by atoms with Gasteiger partial charge in [-0.2, -0.15) is 16.8 Å². The molecule has 0 saturated carbocycles. The van der Waals surface area contributed by atoms with Crippen molar-refractivity contribution in [1.29, 1.82) is 0 Å². The number of fused-ring (bicyclic) bond motifs is 1. The minimum atomic E-state index is -4.97. The summed E-state index contributed by atoms with van der Waals surface area (Å²) in [6.07, 6.45) is 1.08. The molecule has 0 aliphatic heterocycles. The average Bonchev–Trinajstić information content (AvgIpc) is 3.01. The van der Waals surface area contributed by atoms with E-state index in [9.17, 15) is 40.8 Å². The van der Waals surface area contributed by atoms with Gasteiger partial charge in [0.15, 0.2) is 0 Å². The normalized spacial score (nSPS) is 12.1. The Morgan fingerprint density at radius 2 is 1.73 bits per heavy atom. The Balaban J connectivity index is 2.20. The van der Waals surface area contributed by atoms with Crippen molar-refractivity contribution in [2.24, 2.45) is 7.05 Å². The van der Waals surface area contributed by atoms with Crippen molar-refractivity contribution in [3.63, 3.8) is 0 Å². The van der Waals surface area contributed by atoms with Crippen LogP contribution in [0.2, 0.25) is 0 Å². The largest absolute Gasteiger partial charge is 0.340 e. The molecule has 1 amide bonds. The van der Waals surface area contributed by atoms with Gasteiger partial charge >= 0.3 is 0 Å². The molecule has 3 N–H and O–H groups in total. The van der Waals surface area contributed by atoms with Gasteiger partial charge in [0.1, 0.15) is 15.5 Å². The van der Waals surface area contributed by atoms with E-state index in [2.05, 4.69) is 5.32 Å². The number of benzene rings is 2. The van der Waals surface area contributed by atoms with Crippen molar-refractivity contribution in [2.75, 3.05) is 5.32 Å². The zero-order valence-electron chi connectivity index (χ0n) is 15.0. The van der Waals surface area contributed by atoms with E-state index in [0.29, 0.717) is 0 Å². The van der Waals surface area contributed by atoms with Gasteiger partial charge in [0.2, 0.25) is 0 Å². The number of nitrogens with one attached hydrogen (secondary N) is 1. The van der Waals surface area contributed by atoms with Crippen LogP contribution in [-0.4, -0.2) is 41.3 Å². The third-order valence-electron chi connectivity index (χ3n) is 4.19. The molecule has 3 rings (SSSR count). The van der Waals surface area contributed by atoms with Gasteiger partial charge in [-0.1, -0.05) is 18.2 Å². The maximum absolute atomic E-state index is 12.5. The fourth-order valence-corrected chi connectivity index (χ4v) is 4.52. The zero-order valence-corrected chi connectivity index (χ0v) is 16.6.